The first-order valence-corrected chi connectivity index (χ1v) is 4.15. The highest BCUT2D eigenvalue weighted by atomic mass is 79.9. The predicted molar refractivity (Wildman–Crippen MR) is 48.7 cm³/mol. The molecule has 2 nitrogen and oxygen atoms in total. The molecule has 0 rings (SSSR count). The number of hydrogen-bond acceptors (Lipinski definition) is 2. The van der Waals surface area contributed by atoms with Gasteiger partial charge in [0.2, 0.25) is 0 Å². The molecule has 0 aromatic carbocycles. The zero-order chi connectivity index (χ0) is 8.69. The van der Waals surface area contributed by atoms with Crippen molar-refractivity contribution in [3.05, 3.63) is 24.3 Å². The van der Waals surface area contributed by atoms with Crippen molar-refractivity contribution in [3.63, 3.8) is 0 Å². The third-order valence-electron chi connectivity index (χ3n) is 0.921. The fraction of sp³-hybridized carbons (Fsp3) is 0.375. The van der Waals surface area contributed by atoms with Gasteiger partial charge in [-0.25, -0.2) is 4.79 Å². The normalized spacial score (nSPS) is 14.1. The highest BCUT2D eigenvalue weighted by Crippen LogP contribution is 1.97. The molecule has 0 fully saturated rings. The molecular weight excluding hydrogens is 208 g/mol. The van der Waals surface area contributed by atoms with E-state index in [0.29, 0.717) is 4.83 Å². The Bertz CT molecular complexity index is 171. The Balaban J connectivity index is 3.68. The van der Waals surface area contributed by atoms with Crippen molar-refractivity contribution < 1.29 is 9.53 Å². The molecule has 11 heavy (non-hydrogen) atoms. The van der Waals surface area contributed by atoms with Crippen molar-refractivity contribution in [2.45, 2.75) is 11.8 Å². The molecule has 0 spiro atoms. The summed E-state index contributed by atoms with van der Waals surface area (Å²) in [4.78, 5) is 10.8. The Morgan fingerprint density at radius 2 is 2.18 bits per heavy atom. The second-order valence-electron chi connectivity index (χ2n) is 1.94. The highest BCUT2D eigenvalue weighted by Gasteiger charge is 1.87. The maximum absolute atomic E-state index is 10.5. The van der Waals surface area contributed by atoms with Crippen LogP contribution in [-0.2, 0) is 9.53 Å². The summed E-state index contributed by atoms with van der Waals surface area (Å²) in [5.41, 5.74) is 0. The topological polar surface area (TPSA) is 26.3 Å². The van der Waals surface area contributed by atoms with Crippen molar-refractivity contribution in [2.24, 2.45) is 0 Å². The minimum Gasteiger partial charge on any atom is -0.466 e. The highest BCUT2D eigenvalue weighted by molar-refractivity contribution is 9.09. The van der Waals surface area contributed by atoms with E-state index in [4.69, 9.17) is 0 Å². The second kappa shape index (κ2) is 6.16. The number of halogens is 1. The molecule has 0 aromatic heterocycles. The average molecular weight is 219 g/mol. The third kappa shape index (κ3) is 7.33. The lowest BCUT2D eigenvalue weighted by Gasteiger charge is -1.88. The van der Waals surface area contributed by atoms with Gasteiger partial charge in [0.05, 0.1) is 7.11 Å². The number of carbonyl (C=O) groups excluding carboxylic acids is 1. The molecule has 0 saturated heterocycles. The SMILES string of the molecule is COC(=O)C=CC=CC(C)Br. The number of alkyl halides is 1. The molecular formula is C8H11BrO2. The Morgan fingerprint density at radius 3 is 2.64 bits per heavy atom. The molecule has 0 saturated carbocycles. The van der Waals surface area contributed by atoms with Crippen LogP contribution in [0.25, 0.3) is 0 Å². The number of rotatable bonds is 3. The maximum atomic E-state index is 10.5. The smallest absolute Gasteiger partial charge is 0.330 e. The minimum atomic E-state index is -0.336. The quantitative estimate of drug-likeness (QED) is 0.314. The molecule has 0 bridgehead atoms. The van der Waals surface area contributed by atoms with E-state index in [0.717, 1.165) is 0 Å². The summed E-state index contributed by atoms with van der Waals surface area (Å²) in [7, 11) is 1.35. The average Bonchev–Trinajstić information content (AvgIpc) is 1.97. The summed E-state index contributed by atoms with van der Waals surface area (Å²) in [6, 6.07) is 0. The molecule has 0 radical (unpaired) electrons. The van der Waals surface area contributed by atoms with Crippen LogP contribution in [0.2, 0.25) is 0 Å². The van der Waals surface area contributed by atoms with Gasteiger partial charge < -0.3 is 4.74 Å². The Hall–Kier alpha value is -0.570. The number of esters is 1. The summed E-state index contributed by atoms with van der Waals surface area (Å²) in [6.07, 6.45) is 6.71. The van der Waals surface area contributed by atoms with Crippen LogP contribution in [0.3, 0.4) is 0 Å². The minimum absolute atomic E-state index is 0.324. The van der Waals surface area contributed by atoms with Gasteiger partial charge in [0, 0.05) is 10.9 Å². The second-order valence-corrected chi connectivity index (χ2v) is 3.39. The van der Waals surface area contributed by atoms with Crippen LogP contribution in [0.4, 0.5) is 0 Å². The van der Waals surface area contributed by atoms with E-state index in [9.17, 15) is 4.79 Å². The fourth-order valence-corrected chi connectivity index (χ4v) is 0.596. The Kier molecular flexibility index (Phi) is 5.84. The van der Waals surface area contributed by atoms with E-state index >= 15 is 0 Å². The van der Waals surface area contributed by atoms with E-state index in [1.807, 2.05) is 13.0 Å². The lowest BCUT2D eigenvalue weighted by atomic mass is 10.4. The molecule has 0 amide bonds. The maximum Gasteiger partial charge on any atom is 0.330 e. The first-order chi connectivity index (χ1) is 5.16. The van der Waals surface area contributed by atoms with E-state index in [-0.39, 0.29) is 5.97 Å². The summed E-state index contributed by atoms with van der Waals surface area (Å²) in [5, 5.41) is 0. The molecule has 0 aliphatic heterocycles. The van der Waals surface area contributed by atoms with Gasteiger partial charge in [-0.15, -0.1) is 0 Å². The van der Waals surface area contributed by atoms with E-state index in [2.05, 4.69) is 20.7 Å². The molecule has 0 aliphatic carbocycles. The number of allylic oxidation sites excluding steroid dienone is 3. The van der Waals surface area contributed by atoms with E-state index in [1.165, 1.54) is 13.2 Å². The van der Waals surface area contributed by atoms with Gasteiger partial charge in [0.15, 0.2) is 0 Å². The van der Waals surface area contributed by atoms with Crippen molar-refractivity contribution in [1.82, 2.24) is 0 Å². The van der Waals surface area contributed by atoms with E-state index in [1.54, 1.807) is 12.2 Å². The summed E-state index contributed by atoms with van der Waals surface area (Å²) < 4.78 is 4.39. The van der Waals surface area contributed by atoms with Crippen LogP contribution in [0, 0.1) is 0 Å². The number of methoxy groups -OCH3 is 1. The molecule has 0 aromatic rings. The number of carbonyl (C=O) groups is 1. The zero-order valence-corrected chi connectivity index (χ0v) is 8.17. The van der Waals surface area contributed by atoms with Crippen LogP contribution in [0.5, 0.6) is 0 Å². The van der Waals surface area contributed by atoms with Crippen LogP contribution < -0.4 is 0 Å². The molecule has 62 valence electrons. The first kappa shape index (κ1) is 10.4. The van der Waals surface area contributed by atoms with Crippen LogP contribution in [-0.4, -0.2) is 17.9 Å². The molecule has 0 heterocycles. The number of ether oxygens (including phenoxy) is 1. The van der Waals surface area contributed by atoms with Gasteiger partial charge in [-0.3, -0.25) is 0 Å². The van der Waals surface area contributed by atoms with Crippen LogP contribution in [0.1, 0.15) is 6.92 Å². The Labute approximate surface area is 75.1 Å². The number of hydrogen-bond donors (Lipinski definition) is 0. The fourth-order valence-electron chi connectivity index (χ4n) is 0.419. The summed E-state index contributed by atoms with van der Waals surface area (Å²) >= 11 is 3.32. The van der Waals surface area contributed by atoms with Crippen molar-refractivity contribution in [3.8, 4) is 0 Å². The molecule has 1 atom stereocenters. The lowest BCUT2D eigenvalue weighted by Crippen LogP contribution is -1.92. The first-order valence-electron chi connectivity index (χ1n) is 3.23. The van der Waals surface area contributed by atoms with Crippen molar-refractivity contribution in [2.75, 3.05) is 7.11 Å². The molecule has 0 aliphatic rings. The summed E-state index contributed by atoms with van der Waals surface area (Å²) in [5.74, 6) is -0.336. The van der Waals surface area contributed by atoms with Crippen LogP contribution in [0.15, 0.2) is 24.3 Å². The molecule has 1 unspecified atom stereocenters. The third-order valence-corrected chi connectivity index (χ3v) is 1.23. The Morgan fingerprint density at radius 1 is 1.55 bits per heavy atom. The monoisotopic (exact) mass is 218 g/mol. The van der Waals surface area contributed by atoms with Gasteiger partial charge in [-0.2, -0.15) is 0 Å². The molecule has 3 heteroatoms. The van der Waals surface area contributed by atoms with Crippen molar-refractivity contribution in [1.29, 1.82) is 0 Å². The van der Waals surface area contributed by atoms with Gasteiger partial charge in [0.25, 0.3) is 0 Å². The van der Waals surface area contributed by atoms with E-state index < -0.39 is 0 Å². The van der Waals surface area contributed by atoms with Gasteiger partial charge in [0.1, 0.15) is 0 Å². The van der Waals surface area contributed by atoms with Gasteiger partial charge in [-0.1, -0.05) is 34.2 Å². The van der Waals surface area contributed by atoms with Crippen LogP contribution >= 0.6 is 15.9 Å². The largest absolute Gasteiger partial charge is 0.466 e. The van der Waals surface area contributed by atoms with Gasteiger partial charge >= 0.3 is 5.97 Å². The standard InChI is InChI=1S/C8H11BrO2/c1-7(9)5-3-4-6-8(10)11-2/h3-7H,1-2H3. The lowest BCUT2D eigenvalue weighted by molar-refractivity contribution is -0.134. The van der Waals surface area contributed by atoms with Gasteiger partial charge in [-0.05, 0) is 6.92 Å². The zero-order valence-electron chi connectivity index (χ0n) is 6.58. The molecule has 0 N–H and O–H groups in total. The van der Waals surface area contributed by atoms with Crippen molar-refractivity contribution >= 4 is 21.9 Å². The summed E-state index contributed by atoms with van der Waals surface area (Å²) in [6.45, 7) is 1.99. The predicted octanol–water partition coefficient (Wildman–Crippen LogP) is 2.06.